The molecule has 0 bridgehead atoms. The van der Waals surface area contributed by atoms with Gasteiger partial charge in [-0.15, -0.1) is 0 Å². The highest BCUT2D eigenvalue weighted by atomic mass is 79.9. The van der Waals surface area contributed by atoms with Gasteiger partial charge in [-0.2, -0.15) is 0 Å². The Morgan fingerprint density at radius 2 is 1.85 bits per heavy atom. The zero-order valence-electron chi connectivity index (χ0n) is 10.5. The van der Waals surface area contributed by atoms with Gasteiger partial charge in [0.15, 0.2) is 0 Å². The summed E-state index contributed by atoms with van der Waals surface area (Å²) >= 11 is 3.23. The average molecular weight is 358 g/mol. The monoisotopic (exact) mass is 357 g/mol. The molecule has 20 heavy (non-hydrogen) atoms. The van der Waals surface area contributed by atoms with Gasteiger partial charge in [0, 0.05) is 11.0 Å². The number of benzene rings is 2. The van der Waals surface area contributed by atoms with Crippen molar-refractivity contribution in [3.8, 4) is 0 Å². The lowest BCUT2D eigenvalue weighted by Crippen LogP contribution is -2.26. The molecule has 0 amide bonds. The summed E-state index contributed by atoms with van der Waals surface area (Å²) in [5.41, 5.74) is 0.490. The zero-order chi connectivity index (χ0) is 14.6. The van der Waals surface area contributed by atoms with Gasteiger partial charge in [-0.1, -0.05) is 40.2 Å². The first-order valence-electron chi connectivity index (χ1n) is 5.98. The number of hydrogen-bond donors (Lipinski definition) is 1. The molecular weight excluding hydrogens is 345 g/mol. The number of rotatable bonds is 5. The molecule has 2 rings (SSSR count). The molecule has 2 aromatic carbocycles. The minimum absolute atomic E-state index is 0.149. The van der Waals surface area contributed by atoms with Crippen molar-refractivity contribution in [2.45, 2.75) is 11.3 Å². The molecule has 1 N–H and O–H groups in total. The predicted molar refractivity (Wildman–Crippen MR) is 79.4 cm³/mol. The molecule has 0 aliphatic heterocycles. The third-order valence-electron chi connectivity index (χ3n) is 2.75. The molecule has 0 saturated carbocycles. The fourth-order valence-corrected chi connectivity index (χ4v) is 3.37. The van der Waals surface area contributed by atoms with Crippen molar-refractivity contribution in [1.29, 1.82) is 0 Å². The van der Waals surface area contributed by atoms with Crippen LogP contribution in [0.2, 0.25) is 0 Å². The maximum atomic E-state index is 13.4. The topological polar surface area (TPSA) is 46.2 Å². The van der Waals surface area contributed by atoms with Crippen LogP contribution in [-0.2, 0) is 16.4 Å². The lowest BCUT2D eigenvalue weighted by atomic mass is 10.1. The molecule has 0 spiro atoms. The van der Waals surface area contributed by atoms with Crippen LogP contribution >= 0.6 is 15.9 Å². The maximum Gasteiger partial charge on any atom is 0.240 e. The molecule has 2 aromatic rings. The summed E-state index contributed by atoms with van der Waals surface area (Å²) in [5, 5.41) is 0. The molecule has 106 valence electrons. The number of sulfonamides is 1. The second-order valence-corrected chi connectivity index (χ2v) is 6.88. The van der Waals surface area contributed by atoms with E-state index < -0.39 is 10.0 Å². The summed E-state index contributed by atoms with van der Waals surface area (Å²) in [5.74, 6) is -0.325. The Kier molecular flexibility index (Phi) is 4.91. The average Bonchev–Trinajstić information content (AvgIpc) is 2.41. The first-order valence-corrected chi connectivity index (χ1v) is 8.25. The van der Waals surface area contributed by atoms with Gasteiger partial charge >= 0.3 is 0 Å². The molecular formula is C14H13BrFNO2S. The lowest BCUT2D eigenvalue weighted by Gasteiger charge is -2.07. The van der Waals surface area contributed by atoms with Gasteiger partial charge in [-0.25, -0.2) is 17.5 Å². The van der Waals surface area contributed by atoms with Crippen LogP contribution < -0.4 is 4.72 Å². The SMILES string of the molecule is O=S(=O)(NCCc1ccccc1F)c1cccc(Br)c1. The van der Waals surface area contributed by atoms with Crippen LogP contribution in [0.4, 0.5) is 4.39 Å². The molecule has 0 aliphatic carbocycles. The summed E-state index contributed by atoms with van der Waals surface area (Å²) in [7, 11) is -3.57. The van der Waals surface area contributed by atoms with E-state index >= 15 is 0 Å². The maximum absolute atomic E-state index is 13.4. The van der Waals surface area contributed by atoms with E-state index in [4.69, 9.17) is 0 Å². The van der Waals surface area contributed by atoms with Crippen LogP contribution in [0.25, 0.3) is 0 Å². The van der Waals surface area contributed by atoms with E-state index in [2.05, 4.69) is 20.7 Å². The fraction of sp³-hybridized carbons (Fsp3) is 0.143. The quantitative estimate of drug-likeness (QED) is 0.893. The second-order valence-electron chi connectivity index (χ2n) is 4.20. The Bertz CT molecular complexity index is 704. The molecule has 0 aromatic heterocycles. The van der Waals surface area contributed by atoms with Crippen molar-refractivity contribution >= 4 is 26.0 Å². The molecule has 0 radical (unpaired) electrons. The third kappa shape index (κ3) is 3.88. The number of nitrogens with one attached hydrogen (secondary N) is 1. The van der Waals surface area contributed by atoms with E-state index in [0.717, 1.165) is 0 Å². The van der Waals surface area contributed by atoms with E-state index in [1.807, 2.05) is 0 Å². The van der Waals surface area contributed by atoms with Crippen molar-refractivity contribution in [3.63, 3.8) is 0 Å². The third-order valence-corrected chi connectivity index (χ3v) is 4.70. The van der Waals surface area contributed by atoms with Crippen molar-refractivity contribution in [2.75, 3.05) is 6.54 Å². The van der Waals surface area contributed by atoms with E-state index in [0.29, 0.717) is 16.5 Å². The summed E-state index contributed by atoms with van der Waals surface area (Å²) in [6, 6.07) is 12.8. The molecule has 0 saturated heterocycles. The highest BCUT2D eigenvalue weighted by molar-refractivity contribution is 9.10. The summed E-state index contributed by atoms with van der Waals surface area (Å²) in [4.78, 5) is 0.181. The van der Waals surface area contributed by atoms with Crippen LogP contribution in [0.1, 0.15) is 5.56 Å². The minimum Gasteiger partial charge on any atom is -0.211 e. The molecule has 0 unspecified atom stereocenters. The standard InChI is InChI=1S/C14H13BrFNO2S/c15-12-5-3-6-13(10-12)20(18,19)17-9-8-11-4-1-2-7-14(11)16/h1-7,10,17H,8-9H2. The molecule has 3 nitrogen and oxygen atoms in total. The van der Waals surface area contributed by atoms with Gasteiger partial charge in [0.1, 0.15) is 5.82 Å². The molecule has 0 aliphatic rings. The molecule has 0 heterocycles. The van der Waals surface area contributed by atoms with Crippen molar-refractivity contribution in [3.05, 3.63) is 64.4 Å². The molecule has 0 fully saturated rings. The Morgan fingerprint density at radius 1 is 1.10 bits per heavy atom. The van der Waals surface area contributed by atoms with Crippen LogP contribution in [0.5, 0.6) is 0 Å². The van der Waals surface area contributed by atoms with Gasteiger partial charge in [0.25, 0.3) is 0 Å². The van der Waals surface area contributed by atoms with Crippen molar-refractivity contribution < 1.29 is 12.8 Å². The zero-order valence-corrected chi connectivity index (χ0v) is 12.9. The van der Waals surface area contributed by atoms with Crippen LogP contribution in [0.3, 0.4) is 0 Å². The Balaban J connectivity index is 2.02. The van der Waals surface area contributed by atoms with Crippen LogP contribution in [0.15, 0.2) is 57.9 Å². The summed E-state index contributed by atoms with van der Waals surface area (Å²) < 4.78 is 40.6. The predicted octanol–water partition coefficient (Wildman–Crippen LogP) is 3.11. The largest absolute Gasteiger partial charge is 0.240 e. The van der Waals surface area contributed by atoms with E-state index in [1.54, 1.807) is 30.3 Å². The Hall–Kier alpha value is -1.24. The van der Waals surface area contributed by atoms with Crippen LogP contribution in [-0.4, -0.2) is 15.0 Å². The second kappa shape index (κ2) is 6.47. The van der Waals surface area contributed by atoms with Crippen molar-refractivity contribution in [2.24, 2.45) is 0 Å². The number of halogens is 2. The minimum atomic E-state index is -3.57. The first-order chi connectivity index (χ1) is 9.49. The van der Waals surface area contributed by atoms with Gasteiger partial charge < -0.3 is 0 Å². The van der Waals surface area contributed by atoms with Crippen LogP contribution in [0, 0.1) is 5.82 Å². The van der Waals surface area contributed by atoms with Gasteiger partial charge in [0.05, 0.1) is 4.90 Å². The molecule has 0 atom stereocenters. The van der Waals surface area contributed by atoms with E-state index in [9.17, 15) is 12.8 Å². The van der Waals surface area contributed by atoms with E-state index in [1.165, 1.54) is 18.2 Å². The van der Waals surface area contributed by atoms with Gasteiger partial charge in [-0.05, 0) is 36.2 Å². The highest BCUT2D eigenvalue weighted by Crippen LogP contribution is 2.16. The first kappa shape index (κ1) is 15.2. The fourth-order valence-electron chi connectivity index (χ4n) is 1.74. The van der Waals surface area contributed by atoms with E-state index in [-0.39, 0.29) is 17.3 Å². The van der Waals surface area contributed by atoms with Gasteiger partial charge in [-0.3, -0.25) is 0 Å². The van der Waals surface area contributed by atoms with Crippen molar-refractivity contribution in [1.82, 2.24) is 4.72 Å². The normalized spacial score (nSPS) is 11.5. The smallest absolute Gasteiger partial charge is 0.211 e. The highest BCUT2D eigenvalue weighted by Gasteiger charge is 2.13. The number of hydrogen-bond acceptors (Lipinski definition) is 2. The molecule has 6 heteroatoms. The Labute approximate surface area is 126 Å². The summed E-state index contributed by atoms with van der Waals surface area (Å²) in [6.07, 6.45) is 0.305. The summed E-state index contributed by atoms with van der Waals surface area (Å²) in [6.45, 7) is 0.149. The Morgan fingerprint density at radius 3 is 2.55 bits per heavy atom. The van der Waals surface area contributed by atoms with Gasteiger partial charge in [0.2, 0.25) is 10.0 Å². The lowest BCUT2D eigenvalue weighted by molar-refractivity contribution is 0.577.